The van der Waals surface area contributed by atoms with Gasteiger partial charge in [-0.2, -0.15) is 0 Å². The Kier molecular flexibility index (Phi) is 9.30. The fourth-order valence-corrected chi connectivity index (χ4v) is 6.73. The average Bonchev–Trinajstić information content (AvgIpc) is 3.24. The molecule has 0 bridgehead atoms. The summed E-state index contributed by atoms with van der Waals surface area (Å²) in [4.78, 5) is 2.51. The molecular formula is C42H48N2. The standard InChI is InChI=1S/C42H48N2/c1-8-29-43-36-27-25-32-20-15-17-22-34(32)39(36)41(4,5)31(3)19-13-11-10-12-14-24-38-42(6,7)40-35-23-18-16-21-33(35)26-28-37(40)44(38)30-9-2/h10-28,43H,3,8-9,29-30H2,1-2,4-7H3/b11-10+,14-12+,19-13+,38-24+. The van der Waals surface area contributed by atoms with E-state index < -0.39 is 0 Å². The SMILES string of the molecule is C=C(/C=C/C=C/C=C/C=C1/N(CCC)c2ccc3ccccc3c2C1(C)C)C(C)(C)c1c(NCCC)ccc2ccccc12. The Hall–Kier alpha value is -4.30. The van der Waals surface area contributed by atoms with Crippen molar-refractivity contribution >= 4 is 32.9 Å². The lowest BCUT2D eigenvalue weighted by Gasteiger charge is -2.31. The first-order valence-corrected chi connectivity index (χ1v) is 16.2. The number of fused-ring (bicyclic) bond motifs is 4. The molecule has 1 heterocycles. The van der Waals surface area contributed by atoms with Gasteiger partial charge in [-0.3, -0.25) is 0 Å². The van der Waals surface area contributed by atoms with E-state index >= 15 is 0 Å². The van der Waals surface area contributed by atoms with Crippen LogP contribution in [0.4, 0.5) is 11.4 Å². The quantitative estimate of drug-likeness (QED) is 0.178. The third-order valence-corrected chi connectivity index (χ3v) is 9.12. The number of allylic oxidation sites excluding steroid dienone is 9. The molecule has 0 atom stereocenters. The van der Waals surface area contributed by atoms with E-state index in [0.29, 0.717) is 0 Å². The highest BCUT2D eigenvalue weighted by atomic mass is 15.2. The van der Waals surface area contributed by atoms with Crippen molar-refractivity contribution in [2.24, 2.45) is 0 Å². The highest BCUT2D eigenvalue weighted by Crippen LogP contribution is 2.50. The molecule has 0 radical (unpaired) electrons. The third-order valence-electron chi connectivity index (χ3n) is 9.12. The van der Waals surface area contributed by atoms with Crippen LogP contribution in [0.1, 0.15) is 65.5 Å². The van der Waals surface area contributed by atoms with Crippen LogP contribution in [-0.4, -0.2) is 13.1 Å². The van der Waals surface area contributed by atoms with Crippen molar-refractivity contribution in [1.29, 1.82) is 0 Å². The second kappa shape index (κ2) is 13.1. The zero-order valence-electron chi connectivity index (χ0n) is 27.5. The summed E-state index contributed by atoms with van der Waals surface area (Å²) in [6, 6.07) is 26.4. The van der Waals surface area contributed by atoms with E-state index in [1.54, 1.807) is 0 Å². The number of hydrogen-bond donors (Lipinski definition) is 1. The molecule has 44 heavy (non-hydrogen) atoms. The van der Waals surface area contributed by atoms with Crippen LogP contribution in [-0.2, 0) is 10.8 Å². The first kappa shape index (κ1) is 31.1. The number of rotatable bonds is 11. The molecule has 1 aliphatic rings. The Balaban J connectivity index is 1.34. The van der Waals surface area contributed by atoms with Gasteiger partial charge in [-0.1, -0.05) is 145 Å². The van der Waals surface area contributed by atoms with Gasteiger partial charge in [0, 0.05) is 41.0 Å². The van der Waals surface area contributed by atoms with Crippen LogP contribution >= 0.6 is 0 Å². The summed E-state index contributed by atoms with van der Waals surface area (Å²) < 4.78 is 0. The lowest BCUT2D eigenvalue weighted by molar-refractivity contribution is 0.633. The summed E-state index contributed by atoms with van der Waals surface area (Å²) in [5.74, 6) is 0. The first-order chi connectivity index (χ1) is 21.2. The van der Waals surface area contributed by atoms with Gasteiger partial charge in [0.15, 0.2) is 0 Å². The largest absolute Gasteiger partial charge is 0.385 e. The topological polar surface area (TPSA) is 15.3 Å². The minimum Gasteiger partial charge on any atom is -0.385 e. The van der Waals surface area contributed by atoms with Crippen LogP contribution in [0.3, 0.4) is 0 Å². The number of benzene rings is 4. The molecule has 0 unspecified atom stereocenters. The van der Waals surface area contributed by atoms with Crippen molar-refractivity contribution < 1.29 is 0 Å². The van der Waals surface area contributed by atoms with Crippen molar-refractivity contribution in [1.82, 2.24) is 0 Å². The third kappa shape index (κ3) is 5.91. The Morgan fingerprint density at radius 1 is 0.795 bits per heavy atom. The van der Waals surface area contributed by atoms with Gasteiger partial charge in [-0.05, 0) is 69.3 Å². The molecule has 0 amide bonds. The molecule has 2 heteroatoms. The summed E-state index contributed by atoms with van der Waals surface area (Å²) in [5, 5.41) is 8.86. The molecule has 0 aromatic heterocycles. The number of anilines is 2. The van der Waals surface area contributed by atoms with Crippen molar-refractivity contribution in [2.75, 3.05) is 23.3 Å². The molecule has 4 aromatic rings. The zero-order valence-corrected chi connectivity index (χ0v) is 27.5. The van der Waals surface area contributed by atoms with E-state index in [9.17, 15) is 0 Å². The Labute approximate surface area is 265 Å². The Morgan fingerprint density at radius 3 is 2.16 bits per heavy atom. The van der Waals surface area contributed by atoms with Crippen LogP contribution in [0.25, 0.3) is 21.5 Å². The van der Waals surface area contributed by atoms with Crippen molar-refractivity contribution in [3.63, 3.8) is 0 Å². The minimum atomic E-state index is -0.239. The molecule has 0 aliphatic carbocycles. The zero-order chi connectivity index (χ0) is 31.3. The molecule has 1 N–H and O–H groups in total. The summed E-state index contributed by atoms with van der Waals surface area (Å²) in [6.07, 6.45) is 17.3. The van der Waals surface area contributed by atoms with Crippen molar-refractivity contribution in [3.8, 4) is 0 Å². The number of hydrogen-bond acceptors (Lipinski definition) is 2. The smallest absolute Gasteiger partial charge is 0.0457 e. The summed E-state index contributed by atoms with van der Waals surface area (Å²) in [7, 11) is 0. The maximum Gasteiger partial charge on any atom is 0.0457 e. The van der Waals surface area contributed by atoms with E-state index in [-0.39, 0.29) is 10.8 Å². The lowest BCUT2D eigenvalue weighted by atomic mass is 9.75. The lowest BCUT2D eigenvalue weighted by Crippen LogP contribution is -2.26. The Morgan fingerprint density at radius 2 is 1.43 bits per heavy atom. The van der Waals surface area contributed by atoms with E-state index in [1.165, 1.54) is 49.7 Å². The van der Waals surface area contributed by atoms with Gasteiger partial charge in [0.05, 0.1) is 0 Å². The number of nitrogens with zero attached hydrogens (tertiary/aromatic N) is 1. The van der Waals surface area contributed by atoms with E-state index in [2.05, 4.69) is 174 Å². The molecule has 2 nitrogen and oxygen atoms in total. The average molecular weight is 581 g/mol. The molecule has 0 saturated heterocycles. The summed E-state index contributed by atoms with van der Waals surface area (Å²) >= 11 is 0. The van der Waals surface area contributed by atoms with Gasteiger partial charge in [-0.15, -0.1) is 0 Å². The normalized spacial score (nSPS) is 15.9. The fourth-order valence-electron chi connectivity index (χ4n) is 6.73. The monoisotopic (exact) mass is 580 g/mol. The van der Waals surface area contributed by atoms with Crippen LogP contribution in [0.5, 0.6) is 0 Å². The van der Waals surface area contributed by atoms with Crippen LogP contribution < -0.4 is 10.2 Å². The second-order valence-electron chi connectivity index (χ2n) is 12.9. The van der Waals surface area contributed by atoms with E-state index in [4.69, 9.17) is 0 Å². The fraction of sp³-hybridized carbons (Fsp3) is 0.286. The van der Waals surface area contributed by atoms with Gasteiger partial charge < -0.3 is 10.2 Å². The molecule has 4 aromatic carbocycles. The van der Waals surface area contributed by atoms with Crippen molar-refractivity contribution in [3.05, 3.63) is 144 Å². The van der Waals surface area contributed by atoms with Gasteiger partial charge in [0.2, 0.25) is 0 Å². The number of nitrogens with one attached hydrogen (secondary N) is 1. The predicted octanol–water partition coefficient (Wildman–Crippen LogP) is 11.4. The molecule has 1 aliphatic heterocycles. The highest BCUT2D eigenvalue weighted by molar-refractivity contribution is 5.95. The maximum absolute atomic E-state index is 4.52. The first-order valence-electron chi connectivity index (χ1n) is 16.2. The molecule has 226 valence electrons. The summed E-state index contributed by atoms with van der Waals surface area (Å²) in [5.41, 5.74) is 7.39. The van der Waals surface area contributed by atoms with Crippen LogP contribution in [0, 0.1) is 0 Å². The van der Waals surface area contributed by atoms with Crippen LogP contribution in [0.2, 0.25) is 0 Å². The van der Waals surface area contributed by atoms with Gasteiger partial charge in [0.25, 0.3) is 0 Å². The molecule has 0 spiro atoms. The van der Waals surface area contributed by atoms with E-state index in [1.807, 2.05) is 0 Å². The maximum atomic E-state index is 4.52. The van der Waals surface area contributed by atoms with Gasteiger partial charge >= 0.3 is 0 Å². The van der Waals surface area contributed by atoms with Gasteiger partial charge in [-0.25, -0.2) is 0 Å². The van der Waals surface area contributed by atoms with Crippen LogP contribution in [0.15, 0.2) is 133 Å². The molecule has 0 fully saturated rings. The predicted molar refractivity (Wildman–Crippen MR) is 195 cm³/mol. The van der Waals surface area contributed by atoms with Gasteiger partial charge in [0.1, 0.15) is 0 Å². The summed E-state index contributed by atoms with van der Waals surface area (Å²) in [6.45, 7) is 20.2. The second-order valence-corrected chi connectivity index (χ2v) is 12.9. The molecule has 5 rings (SSSR count). The van der Waals surface area contributed by atoms with E-state index in [0.717, 1.165) is 31.5 Å². The molecule has 0 saturated carbocycles. The minimum absolute atomic E-state index is 0.0743. The highest BCUT2D eigenvalue weighted by Gasteiger charge is 2.40. The Bertz CT molecular complexity index is 1780. The molecular weight excluding hydrogens is 532 g/mol. The van der Waals surface area contributed by atoms with Crippen molar-refractivity contribution in [2.45, 2.75) is 65.2 Å².